The molecular weight excluding hydrogens is 250 g/mol. The number of hydrogen-bond acceptors (Lipinski definition) is 5. The van der Waals surface area contributed by atoms with E-state index in [1.165, 1.54) is 6.07 Å². The molecule has 1 atom stereocenters. The van der Waals surface area contributed by atoms with Crippen LogP contribution in [-0.2, 0) is 16.0 Å². The maximum absolute atomic E-state index is 11.6. The van der Waals surface area contributed by atoms with Gasteiger partial charge in [0.1, 0.15) is 11.6 Å². The summed E-state index contributed by atoms with van der Waals surface area (Å²) in [4.78, 5) is 31.3. The molecule has 0 radical (unpaired) electrons. The Labute approximate surface area is 110 Å². The molecule has 1 unspecified atom stereocenters. The molecule has 2 N–H and O–H groups in total. The van der Waals surface area contributed by atoms with Crippen LogP contribution in [0, 0.1) is 0 Å². The smallest absolute Gasteiger partial charge is 0.305 e. The van der Waals surface area contributed by atoms with E-state index in [0.29, 0.717) is 37.8 Å². The molecule has 0 saturated carbocycles. The van der Waals surface area contributed by atoms with Gasteiger partial charge in [0, 0.05) is 19.0 Å². The second-order valence-electron chi connectivity index (χ2n) is 4.42. The molecule has 1 aliphatic heterocycles. The predicted octanol–water partition coefficient (Wildman–Crippen LogP) is 0.0122. The number of aryl methyl sites for hydroxylation is 1. The molecule has 1 aromatic rings. The number of aliphatic carboxylic acids is 1. The summed E-state index contributed by atoms with van der Waals surface area (Å²) >= 11 is 0. The number of carbonyl (C=O) groups is 1. The van der Waals surface area contributed by atoms with E-state index in [1.54, 1.807) is 0 Å². The number of morpholine rings is 1. The monoisotopic (exact) mass is 267 g/mol. The van der Waals surface area contributed by atoms with E-state index >= 15 is 0 Å². The van der Waals surface area contributed by atoms with Gasteiger partial charge in [0.2, 0.25) is 0 Å². The number of ether oxygens (including phenoxy) is 1. The molecule has 0 spiro atoms. The van der Waals surface area contributed by atoms with Crippen molar-refractivity contribution in [1.29, 1.82) is 0 Å². The third-order valence-electron chi connectivity index (χ3n) is 3.04. The molecule has 7 heteroatoms. The topological polar surface area (TPSA) is 95.5 Å². The van der Waals surface area contributed by atoms with E-state index in [4.69, 9.17) is 9.84 Å². The van der Waals surface area contributed by atoms with E-state index in [2.05, 4.69) is 9.97 Å². The predicted molar refractivity (Wildman–Crippen MR) is 68.4 cm³/mol. The van der Waals surface area contributed by atoms with Crippen molar-refractivity contribution in [3.8, 4) is 0 Å². The first kappa shape index (κ1) is 13.5. The lowest BCUT2D eigenvalue weighted by molar-refractivity contribution is -0.138. The number of hydrogen-bond donors (Lipinski definition) is 2. The summed E-state index contributed by atoms with van der Waals surface area (Å²) in [7, 11) is 0. The Balaban J connectivity index is 2.28. The van der Waals surface area contributed by atoms with Crippen molar-refractivity contribution >= 4 is 11.8 Å². The number of nitrogens with one attached hydrogen (secondary N) is 1. The van der Waals surface area contributed by atoms with Crippen LogP contribution in [0.2, 0.25) is 0 Å². The Kier molecular flexibility index (Phi) is 4.16. The highest BCUT2D eigenvalue weighted by Gasteiger charge is 2.26. The van der Waals surface area contributed by atoms with Gasteiger partial charge in [-0.1, -0.05) is 6.92 Å². The van der Waals surface area contributed by atoms with Gasteiger partial charge >= 0.3 is 5.97 Å². The van der Waals surface area contributed by atoms with Crippen LogP contribution in [-0.4, -0.2) is 46.8 Å². The Morgan fingerprint density at radius 2 is 2.47 bits per heavy atom. The fourth-order valence-electron chi connectivity index (χ4n) is 2.14. The van der Waals surface area contributed by atoms with Crippen molar-refractivity contribution in [2.45, 2.75) is 25.8 Å². The maximum atomic E-state index is 11.6. The molecule has 1 saturated heterocycles. The third-order valence-corrected chi connectivity index (χ3v) is 3.04. The van der Waals surface area contributed by atoms with Crippen LogP contribution in [0.5, 0.6) is 0 Å². The molecule has 2 heterocycles. The van der Waals surface area contributed by atoms with E-state index in [9.17, 15) is 9.59 Å². The zero-order valence-electron chi connectivity index (χ0n) is 10.8. The van der Waals surface area contributed by atoms with Gasteiger partial charge in [0.25, 0.3) is 5.56 Å². The van der Waals surface area contributed by atoms with Crippen molar-refractivity contribution in [2.24, 2.45) is 0 Å². The largest absolute Gasteiger partial charge is 0.481 e. The summed E-state index contributed by atoms with van der Waals surface area (Å²) in [6.45, 7) is 3.28. The van der Waals surface area contributed by atoms with Gasteiger partial charge in [-0.25, -0.2) is 4.98 Å². The number of carboxylic acids is 1. The van der Waals surface area contributed by atoms with E-state index < -0.39 is 5.97 Å². The Morgan fingerprint density at radius 1 is 1.68 bits per heavy atom. The van der Waals surface area contributed by atoms with E-state index in [-0.39, 0.29) is 18.0 Å². The van der Waals surface area contributed by atoms with Crippen LogP contribution >= 0.6 is 0 Å². The standard InChI is InChI=1S/C12H17N3O4/c1-2-9-13-10(6-11(16)14-9)15-3-4-19-7-8(15)5-12(17)18/h6,8H,2-5,7H2,1H3,(H,17,18)(H,13,14,16). The van der Waals surface area contributed by atoms with Gasteiger partial charge in [-0.3, -0.25) is 9.59 Å². The average Bonchev–Trinajstić information content (AvgIpc) is 2.38. The second-order valence-corrected chi connectivity index (χ2v) is 4.42. The van der Waals surface area contributed by atoms with Crippen molar-refractivity contribution < 1.29 is 14.6 Å². The van der Waals surface area contributed by atoms with Gasteiger partial charge in [-0.2, -0.15) is 0 Å². The zero-order valence-corrected chi connectivity index (χ0v) is 10.8. The number of anilines is 1. The minimum Gasteiger partial charge on any atom is -0.481 e. The number of rotatable bonds is 4. The summed E-state index contributed by atoms with van der Waals surface area (Å²) in [5, 5.41) is 8.92. The summed E-state index contributed by atoms with van der Waals surface area (Å²) in [5.74, 6) is 0.235. The fourth-order valence-corrected chi connectivity index (χ4v) is 2.14. The van der Waals surface area contributed by atoms with Crippen LogP contribution in [0.3, 0.4) is 0 Å². The van der Waals surface area contributed by atoms with E-state index in [1.807, 2.05) is 11.8 Å². The van der Waals surface area contributed by atoms with E-state index in [0.717, 1.165) is 0 Å². The summed E-state index contributed by atoms with van der Waals surface area (Å²) in [6, 6.07) is 1.12. The highest BCUT2D eigenvalue weighted by atomic mass is 16.5. The normalized spacial score (nSPS) is 19.4. The highest BCUT2D eigenvalue weighted by Crippen LogP contribution is 2.18. The molecule has 1 aromatic heterocycles. The number of carboxylic acid groups (broad SMARTS) is 1. The lowest BCUT2D eigenvalue weighted by Crippen LogP contribution is -2.47. The molecule has 0 aliphatic carbocycles. The molecule has 0 aromatic carbocycles. The Bertz CT molecular complexity index is 514. The molecule has 1 aliphatic rings. The van der Waals surface area contributed by atoms with Crippen LogP contribution in [0.1, 0.15) is 19.2 Å². The molecular formula is C12H17N3O4. The number of aromatic amines is 1. The molecule has 104 valence electrons. The number of aromatic nitrogens is 2. The first-order valence-electron chi connectivity index (χ1n) is 6.26. The highest BCUT2D eigenvalue weighted by molar-refractivity contribution is 5.68. The van der Waals surface area contributed by atoms with Crippen LogP contribution in [0.15, 0.2) is 10.9 Å². The van der Waals surface area contributed by atoms with Crippen LogP contribution < -0.4 is 10.5 Å². The summed E-state index contributed by atoms with van der Waals surface area (Å²) in [5.41, 5.74) is -0.220. The lowest BCUT2D eigenvalue weighted by atomic mass is 10.1. The SMILES string of the molecule is CCc1nc(N2CCOCC2CC(=O)O)cc(=O)[nH]1. The molecule has 0 amide bonds. The van der Waals surface area contributed by atoms with Crippen LogP contribution in [0.25, 0.3) is 0 Å². The first-order chi connectivity index (χ1) is 9.10. The van der Waals surface area contributed by atoms with Crippen molar-refractivity contribution in [3.05, 3.63) is 22.2 Å². The van der Waals surface area contributed by atoms with Gasteiger partial charge in [-0.15, -0.1) is 0 Å². The van der Waals surface area contributed by atoms with Crippen LogP contribution in [0.4, 0.5) is 5.82 Å². The zero-order chi connectivity index (χ0) is 13.8. The number of H-pyrrole nitrogens is 1. The summed E-state index contributed by atoms with van der Waals surface area (Å²) < 4.78 is 5.30. The van der Waals surface area contributed by atoms with Crippen molar-refractivity contribution in [1.82, 2.24) is 9.97 Å². The Hall–Kier alpha value is -1.89. The van der Waals surface area contributed by atoms with Gasteiger partial charge in [-0.05, 0) is 0 Å². The molecule has 7 nitrogen and oxygen atoms in total. The van der Waals surface area contributed by atoms with Crippen molar-refractivity contribution in [2.75, 3.05) is 24.7 Å². The fraction of sp³-hybridized carbons (Fsp3) is 0.583. The average molecular weight is 267 g/mol. The summed E-state index contributed by atoms with van der Waals surface area (Å²) in [6.07, 6.45) is 0.590. The first-order valence-corrected chi connectivity index (χ1v) is 6.26. The maximum Gasteiger partial charge on any atom is 0.305 e. The minimum absolute atomic E-state index is 0.0318. The van der Waals surface area contributed by atoms with Crippen molar-refractivity contribution in [3.63, 3.8) is 0 Å². The molecule has 0 bridgehead atoms. The number of nitrogens with zero attached hydrogens (tertiary/aromatic N) is 2. The quantitative estimate of drug-likeness (QED) is 0.798. The Morgan fingerprint density at radius 3 is 3.16 bits per heavy atom. The van der Waals surface area contributed by atoms with Gasteiger partial charge < -0.3 is 19.7 Å². The molecule has 1 fully saturated rings. The molecule has 19 heavy (non-hydrogen) atoms. The molecule has 2 rings (SSSR count). The second kappa shape index (κ2) is 5.83. The minimum atomic E-state index is -0.888. The lowest BCUT2D eigenvalue weighted by Gasteiger charge is -2.35. The van der Waals surface area contributed by atoms with Gasteiger partial charge in [0.15, 0.2) is 0 Å². The third kappa shape index (κ3) is 3.31. The van der Waals surface area contributed by atoms with Gasteiger partial charge in [0.05, 0.1) is 25.7 Å².